The fourth-order valence-electron chi connectivity index (χ4n) is 3.96. The molecule has 2 aliphatic heterocycles. The average Bonchev–Trinajstić information content (AvgIpc) is 3.67. The van der Waals surface area contributed by atoms with Crippen LogP contribution in [0.5, 0.6) is 0 Å². The molecule has 2 aliphatic rings. The molecule has 8 nitrogen and oxygen atoms in total. The summed E-state index contributed by atoms with van der Waals surface area (Å²) in [5, 5.41) is 0. The highest BCUT2D eigenvalue weighted by Crippen LogP contribution is 2.38. The standard InChI is InChI=1S/C23H23BrN4O4S/c1-27-9-11-28(12-10-27)33(30,31)16-7-8-17(19-14-32-19)18(13-16)22-25-21(20(24)23(29)26-22)15-5-3-2-4-6-15/h2-8,13,19H,9-12,14H2,1H3,(H,25,26,29). The van der Waals surface area contributed by atoms with Gasteiger partial charge < -0.3 is 14.6 Å². The second-order valence-corrected chi connectivity index (χ2v) is 11.0. The maximum Gasteiger partial charge on any atom is 0.266 e. The van der Waals surface area contributed by atoms with Gasteiger partial charge in [-0.15, -0.1) is 0 Å². The van der Waals surface area contributed by atoms with Gasteiger partial charge in [0.15, 0.2) is 0 Å². The molecule has 0 radical (unpaired) electrons. The molecule has 1 atom stereocenters. The van der Waals surface area contributed by atoms with Crippen molar-refractivity contribution in [2.24, 2.45) is 0 Å². The van der Waals surface area contributed by atoms with Crippen LogP contribution in [0.3, 0.4) is 0 Å². The summed E-state index contributed by atoms with van der Waals surface area (Å²) in [7, 11) is -1.70. The van der Waals surface area contributed by atoms with Crippen LogP contribution in [-0.4, -0.2) is 67.4 Å². The highest BCUT2D eigenvalue weighted by Gasteiger charge is 2.32. The number of epoxide rings is 1. The number of sulfonamides is 1. The Bertz CT molecular complexity index is 1350. The summed E-state index contributed by atoms with van der Waals surface area (Å²) in [6, 6.07) is 14.4. The Hall–Kier alpha value is -2.37. The molecule has 2 aromatic carbocycles. The van der Waals surface area contributed by atoms with E-state index in [-0.39, 0.29) is 16.6 Å². The van der Waals surface area contributed by atoms with Crippen LogP contribution in [-0.2, 0) is 14.8 Å². The van der Waals surface area contributed by atoms with E-state index < -0.39 is 10.0 Å². The third-order valence-corrected chi connectivity index (χ3v) is 8.60. The second-order valence-electron chi connectivity index (χ2n) is 8.22. The van der Waals surface area contributed by atoms with E-state index >= 15 is 0 Å². The van der Waals surface area contributed by atoms with E-state index in [4.69, 9.17) is 9.72 Å². The SMILES string of the molecule is CN1CCN(S(=O)(=O)c2ccc(C3CO3)c(-c3nc(-c4ccccc4)c(Br)c(=O)[nH]3)c2)CC1. The van der Waals surface area contributed by atoms with Gasteiger partial charge in [-0.25, -0.2) is 13.4 Å². The zero-order valence-electron chi connectivity index (χ0n) is 18.0. The predicted molar refractivity (Wildman–Crippen MR) is 128 cm³/mol. The Balaban J connectivity index is 1.63. The normalized spacial score (nSPS) is 19.5. The minimum absolute atomic E-state index is 0.144. The lowest BCUT2D eigenvalue weighted by Crippen LogP contribution is -2.47. The van der Waals surface area contributed by atoms with Crippen molar-refractivity contribution in [1.82, 2.24) is 19.2 Å². The van der Waals surface area contributed by atoms with Crippen molar-refractivity contribution in [2.75, 3.05) is 39.8 Å². The van der Waals surface area contributed by atoms with E-state index in [0.717, 1.165) is 11.1 Å². The highest BCUT2D eigenvalue weighted by atomic mass is 79.9. The summed E-state index contributed by atoms with van der Waals surface area (Å²) in [6.45, 7) is 2.79. The minimum atomic E-state index is -3.68. The molecule has 1 aromatic heterocycles. The molecule has 3 heterocycles. The third-order valence-electron chi connectivity index (χ3n) is 5.97. The quantitative estimate of drug-likeness (QED) is 0.509. The number of benzene rings is 2. The summed E-state index contributed by atoms with van der Waals surface area (Å²) in [5.74, 6) is 0.308. The molecule has 0 bridgehead atoms. The molecular weight excluding hydrogens is 508 g/mol. The highest BCUT2D eigenvalue weighted by molar-refractivity contribution is 9.10. The molecule has 172 valence electrons. The molecule has 0 spiro atoms. The Morgan fingerprint density at radius 3 is 2.45 bits per heavy atom. The van der Waals surface area contributed by atoms with Crippen molar-refractivity contribution >= 4 is 26.0 Å². The van der Waals surface area contributed by atoms with Gasteiger partial charge in [-0.1, -0.05) is 36.4 Å². The molecule has 0 aliphatic carbocycles. The summed E-state index contributed by atoms with van der Waals surface area (Å²) in [5.41, 5.74) is 2.28. The monoisotopic (exact) mass is 530 g/mol. The van der Waals surface area contributed by atoms with Gasteiger partial charge in [-0.2, -0.15) is 4.31 Å². The van der Waals surface area contributed by atoms with Gasteiger partial charge in [-0.05, 0) is 40.7 Å². The van der Waals surface area contributed by atoms with Gasteiger partial charge >= 0.3 is 0 Å². The number of aromatic nitrogens is 2. The van der Waals surface area contributed by atoms with E-state index in [1.165, 1.54) is 4.31 Å². The average molecular weight is 531 g/mol. The van der Waals surface area contributed by atoms with Crippen LogP contribution in [0.4, 0.5) is 0 Å². The number of piperazine rings is 1. The first-order chi connectivity index (χ1) is 15.8. The Morgan fingerprint density at radius 2 is 1.79 bits per heavy atom. The lowest BCUT2D eigenvalue weighted by molar-refractivity contribution is 0.222. The smallest absolute Gasteiger partial charge is 0.266 e. The maximum atomic E-state index is 13.4. The van der Waals surface area contributed by atoms with Gasteiger partial charge in [-0.3, -0.25) is 4.79 Å². The van der Waals surface area contributed by atoms with Crippen molar-refractivity contribution in [3.63, 3.8) is 0 Å². The van der Waals surface area contributed by atoms with E-state index in [9.17, 15) is 13.2 Å². The molecule has 5 rings (SSSR count). The van der Waals surface area contributed by atoms with Crippen LogP contribution < -0.4 is 5.56 Å². The third kappa shape index (κ3) is 4.41. The summed E-state index contributed by atoms with van der Waals surface area (Å²) >= 11 is 3.35. The van der Waals surface area contributed by atoms with Crippen LogP contribution in [0.15, 0.2) is 62.7 Å². The second kappa shape index (κ2) is 8.77. The van der Waals surface area contributed by atoms with Crippen LogP contribution in [0.2, 0.25) is 0 Å². The maximum absolute atomic E-state index is 13.4. The molecule has 1 N–H and O–H groups in total. The van der Waals surface area contributed by atoms with Crippen molar-refractivity contribution in [3.8, 4) is 22.6 Å². The van der Waals surface area contributed by atoms with E-state index in [1.54, 1.807) is 18.2 Å². The molecule has 0 saturated carbocycles. The lowest BCUT2D eigenvalue weighted by Gasteiger charge is -2.31. The van der Waals surface area contributed by atoms with Crippen molar-refractivity contribution < 1.29 is 13.2 Å². The largest absolute Gasteiger partial charge is 0.368 e. The number of nitrogens with zero attached hydrogens (tertiary/aromatic N) is 3. The number of hydrogen-bond acceptors (Lipinski definition) is 6. The van der Waals surface area contributed by atoms with E-state index in [1.807, 2.05) is 37.4 Å². The molecule has 2 saturated heterocycles. The van der Waals surface area contributed by atoms with Gasteiger partial charge in [0.1, 0.15) is 16.4 Å². The minimum Gasteiger partial charge on any atom is -0.368 e. The number of hydrogen-bond donors (Lipinski definition) is 1. The first kappa shape index (κ1) is 22.4. The predicted octanol–water partition coefficient (Wildman–Crippen LogP) is 2.87. The zero-order valence-corrected chi connectivity index (χ0v) is 20.4. The Labute approximate surface area is 200 Å². The van der Waals surface area contributed by atoms with Crippen molar-refractivity contribution in [1.29, 1.82) is 0 Å². The van der Waals surface area contributed by atoms with Gasteiger partial charge in [0.2, 0.25) is 10.0 Å². The van der Waals surface area contributed by atoms with Gasteiger partial charge in [0, 0.05) is 37.3 Å². The Morgan fingerprint density at radius 1 is 1.09 bits per heavy atom. The van der Waals surface area contributed by atoms with Crippen molar-refractivity contribution in [2.45, 2.75) is 11.0 Å². The summed E-state index contributed by atoms with van der Waals surface area (Å²) < 4.78 is 34.0. The fourth-order valence-corrected chi connectivity index (χ4v) is 5.83. The van der Waals surface area contributed by atoms with E-state index in [0.29, 0.717) is 54.3 Å². The van der Waals surface area contributed by atoms with Crippen LogP contribution in [0.25, 0.3) is 22.6 Å². The summed E-state index contributed by atoms with van der Waals surface area (Å²) in [6.07, 6.45) is -0.144. The number of likely N-dealkylation sites (N-methyl/N-ethyl adjacent to an activating group) is 1. The van der Waals surface area contributed by atoms with Crippen LogP contribution >= 0.6 is 15.9 Å². The molecule has 10 heteroatoms. The zero-order chi connectivity index (χ0) is 23.2. The number of rotatable bonds is 5. The first-order valence-corrected chi connectivity index (χ1v) is 12.9. The molecule has 2 fully saturated rings. The van der Waals surface area contributed by atoms with Crippen LogP contribution in [0, 0.1) is 0 Å². The molecule has 0 amide bonds. The number of H-pyrrole nitrogens is 1. The van der Waals surface area contributed by atoms with Crippen LogP contribution in [0.1, 0.15) is 11.7 Å². The Kier molecular flexibility index (Phi) is 5.96. The lowest BCUT2D eigenvalue weighted by atomic mass is 10.0. The van der Waals surface area contributed by atoms with Gasteiger partial charge in [0.25, 0.3) is 5.56 Å². The first-order valence-electron chi connectivity index (χ1n) is 10.6. The molecular formula is C23H23BrN4O4S. The molecule has 3 aromatic rings. The molecule has 1 unspecified atom stereocenters. The number of halogens is 1. The fraction of sp³-hybridized carbons (Fsp3) is 0.304. The molecule has 33 heavy (non-hydrogen) atoms. The topological polar surface area (TPSA) is 98.9 Å². The summed E-state index contributed by atoms with van der Waals surface area (Å²) in [4.78, 5) is 22.6. The van der Waals surface area contributed by atoms with E-state index in [2.05, 4.69) is 25.8 Å². The number of aromatic amines is 1. The number of nitrogens with one attached hydrogen (secondary N) is 1. The van der Waals surface area contributed by atoms with Crippen molar-refractivity contribution in [3.05, 3.63) is 68.9 Å². The van der Waals surface area contributed by atoms with Gasteiger partial charge in [0.05, 0.1) is 17.2 Å². The number of ether oxygens (including phenoxy) is 1.